The molecule has 0 radical (unpaired) electrons. The van der Waals surface area contributed by atoms with Crippen molar-refractivity contribution in [3.8, 4) is 0 Å². The van der Waals surface area contributed by atoms with E-state index in [-0.39, 0.29) is 11.8 Å². The number of rotatable bonds is 3. The van der Waals surface area contributed by atoms with Gasteiger partial charge in [0.25, 0.3) is 11.8 Å². The first-order valence-electron chi connectivity index (χ1n) is 8.85. The normalized spacial score (nSPS) is 13.5. The highest BCUT2D eigenvalue weighted by molar-refractivity contribution is 7.13. The summed E-state index contributed by atoms with van der Waals surface area (Å²) in [4.78, 5) is 36.5. The lowest BCUT2D eigenvalue weighted by atomic mass is 10.2. The van der Waals surface area contributed by atoms with E-state index in [0.29, 0.717) is 47.2 Å². The number of thiazole rings is 1. The summed E-state index contributed by atoms with van der Waals surface area (Å²) in [6, 6.07) is 10.5. The molecule has 8 heteroatoms. The van der Waals surface area contributed by atoms with Crippen molar-refractivity contribution < 1.29 is 9.59 Å². The Bertz CT molecular complexity index is 979. The van der Waals surface area contributed by atoms with Crippen LogP contribution in [0.25, 0.3) is 0 Å². The van der Waals surface area contributed by atoms with Crippen LogP contribution < -0.4 is 5.32 Å². The predicted molar refractivity (Wildman–Crippen MR) is 109 cm³/mol. The molecule has 2 aromatic heterocycles. The van der Waals surface area contributed by atoms with Crippen molar-refractivity contribution in [1.82, 2.24) is 14.9 Å². The third kappa shape index (κ3) is 4.05. The fourth-order valence-electron chi connectivity index (χ4n) is 3.05. The van der Waals surface area contributed by atoms with Crippen LogP contribution in [0, 0.1) is 0 Å². The Morgan fingerprint density at radius 3 is 2.64 bits per heavy atom. The first-order valence-corrected chi connectivity index (χ1v) is 10.0. The molecule has 1 aliphatic rings. The molecular formula is C20H17ClN4O2S. The second-order valence-electron chi connectivity index (χ2n) is 6.38. The Hall–Kier alpha value is -2.77. The molecule has 6 nitrogen and oxygen atoms in total. The molecule has 0 unspecified atom stereocenters. The molecular weight excluding hydrogens is 396 g/mol. The first-order chi connectivity index (χ1) is 13.6. The molecule has 2 amide bonds. The van der Waals surface area contributed by atoms with Crippen molar-refractivity contribution in [1.29, 1.82) is 0 Å². The quantitative estimate of drug-likeness (QED) is 0.712. The molecule has 0 spiro atoms. The standard InChI is InChI=1S/C20H17ClN4O2S/c21-14-3-5-15(6-4-14)23-18(26)19-24-16-7-10-25(11-8-17(16)28-19)20(27)13-2-1-9-22-12-13/h1-6,9,12H,7-8,10-11H2,(H,23,26). The SMILES string of the molecule is O=C(Nc1ccc(Cl)cc1)c1nc2c(s1)CCN(C(=O)c1cccnc1)CC2. The van der Waals surface area contributed by atoms with E-state index >= 15 is 0 Å². The van der Waals surface area contributed by atoms with E-state index in [1.165, 1.54) is 11.3 Å². The molecule has 1 N–H and O–H groups in total. The highest BCUT2D eigenvalue weighted by Crippen LogP contribution is 2.24. The minimum Gasteiger partial charge on any atom is -0.338 e. The zero-order valence-electron chi connectivity index (χ0n) is 14.9. The lowest BCUT2D eigenvalue weighted by Gasteiger charge is -2.20. The number of hydrogen-bond acceptors (Lipinski definition) is 5. The highest BCUT2D eigenvalue weighted by Gasteiger charge is 2.24. The minimum absolute atomic E-state index is 0.0241. The topological polar surface area (TPSA) is 75.2 Å². The van der Waals surface area contributed by atoms with Gasteiger partial charge in [0.05, 0.1) is 11.3 Å². The molecule has 28 heavy (non-hydrogen) atoms. The van der Waals surface area contributed by atoms with Gasteiger partial charge in [-0.3, -0.25) is 14.6 Å². The summed E-state index contributed by atoms with van der Waals surface area (Å²) in [6.07, 6.45) is 4.55. The maximum absolute atomic E-state index is 12.6. The molecule has 1 aliphatic heterocycles. The van der Waals surface area contributed by atoms with Crippen LogP contribution in [0.5, 0.6) is 0 Å². The number of fused-ring (bicyclic) bond motifs is 1. The van der Waals surface area contributed by atoms with Crippen LogP contribution in [-0.2, 0) is 12.8 Å². The Labute approximate surface area is 171 Å². The second-order valence-corrected chi connectivity index (χ2v) is 7.90. The Morgan fingerprint density at radius 1 is 1.11 bits per heavy atom. The van der Waals surface area contributed by atoms with E-state index in [2.05, 4.69) is 15.3 Å². The van der Waals surface area contributed by atoms with Gasteiger partial charge in [0.2, 0.25) is 0 Å². The first kappa shape index (κ1) is 18.6. The molecule has 0 saturated heterocycles. The van der Waals surface area contributed by atoms with E-state index in [9.17, 15) is 9.59 Å². The van der Waals surface area contributed by atoms with E-state index < -0.39 is 0 Å². The monoisotopic (exact) mass is 412 g/mol. The highest BCUT2D eigenvalue weighted by atomic mass is 35.5. The molecule has 0 aliphatic carbocycles. The molecule has 0 bridgehead atoms. The zero-order valence-corrected chi connectivity index (χ0v) is 16.5. The fraction of sp³-hybridized carbons (Fsp3) is 0.200. The van der Waals surface area contributed by atoms with Gasteiger partial charge in [-0.05, 0) is 36.4 Å². The molecule has 0 fully saturated rings. The molecule has 0 saturated carbocycles. The third-order valence-corrected chi connectivity index (χ3v) is 5.91. The van der Waals surface area contributed by atoms with Crippen molar-refractivity contribution in [2.45, 2.75) is 12.8 Å². The fourth-order valence-corrected chi connectivity index (χ4v) is 4.17. The van der Waals surface area contributed by atoms with Gasteiger partial charge in [0.1, 0.15) is 0 Å². The van der Waals surface area contributed by atoms with Crippen molar-refractivity contribution in [2.24, 2.45) is 0 Å². The van der Waals surface area contributed by atoms with Crippen LogP contribution in [0.4, 0.5) is 5.69 Å². The van der Waals surface area contributed by atoms with Crippen LogP contribution >= 0.6 is 22.9 Å². The molecule has 3 heterocycles. The molecule has 142 valence electrons. The van der Waals surface area contributed by atoms with Gasteiger partial charge in [-0.25, -0.2) is 4.98 Å². The summed E-state index contributed by atoms with van der Waals surface area (Å²) < 4.78 is 0. The van der Waals surface area contributed by atoms with Gasteiger partial charge >= 0.3 is 0 Å². The van der Waals surface area contributed by atoms with Crippen molar-refractivity contribution in [2.75, 3.05) is 18.4 Å². The zero-order chi connectivity index (χ0) is 19.5. The average molecular weight is 413 g/mol. The number of pyridine rings is 1. The molecule has 3 aromatic rings. The second kappa shape index (κ2) is 8.08. The van der Waals surface area contributed by atoms with E-state index in [1.807, 2.05) is 4.90 Å². The predicted octanol–water partition coefficient (Wildman–Crippen LogP) is 3.68. The maximum atomic E-state index is 12.6. The van der Waals surface area contributed by atoms with E-state index in [1.54, 1.807) is 48.8 Å². The van der Waals surface area contributed by atoms with E-state index in [4.69, 9.17) is 11.6 Å². The van der Waals surface area contributed by atoms with Crippen LogP contribution in [0.3, 0.4) is 0 Å². The smallest absolute Gasteiger partial charge is 0.284 e. The average Bonchev–Trinajstić information content (AvgIpc) is 3.03. The van der Waals surface area contributed by atoms with Crippen molar-refractivity contribution in [3.63, 3.8) is 0 Å². The number of hydrogen-bond donors (Lipinski definition) is 1. The van der Waals surface area contributed by atoms with Crippen molar-refractivity contribution in [3.05, 3.63) is 75.0 Å². The summed E-state index contributed by atoms with van der Waals surface area (Å²) in [5.41, 5.74) is 2.16. The Morgan fingerprint density at radius 2 is 1.89 bits per heavy atom. The molecule has 4 rings (SSSR count). The van der Waals surface area contributed by atoms with Crippen molar-refractivity contribution >= 4 is 40.4 Å². The number of carbonyl (C=O) groups is 2. The van der Waals surface area contributed by atoms with Crippen LogP contribution in [-0.4, -0.2) is 39.8 Å². The third-order valence-electron chi connectivity index (χ3n) is 4.50. The lowest BCUT2D eigenvalue weighted by Crippen LogP contribution is -2.33. The number of nitrogens with zero attached hydrogens (tertiary/aromatic N) is 3. The van der Waals surface area contributed by atoms with Gasteiger partial charge in [-0.15, -0.1) is 11.3 Å². The van der Waals surface area contributed by atoms with Gasteiger partial charge in [-0.2, -0.15) is 0 Å². The molecule has 0 atom stereocenters. The molecule has 1 aromatic carbocycles. The minimum atomic E-state index is -0.233. The Balaban J connectivity index is 1.43. The van der Waals surface area contributed by atoms with E-state index in [0.717, 1.165) is 10.6 Å². The van der Waals surface area contributed by atoms with Crippen LogP contribution in [0.15, 0.2) is 48.8 Å². The summed E-state index contributed by atoms with van der Waals surface area (Å²) in [5, 5.41) is 3.89. The van der Waals surface area contributed by atoms with Gasteiger partial charge in [0, 0.05) is 53.9 Å². The Kier molecular flexibility index (Phi) is 5.36. The maximum Gasteiger partial charge on any atom is 0.284 e. The van der Waals surface area contributed by atoms with Crippen LogP contribution in [0.1, 0.15) is 30.7 Å². The summed E-state index contributed by atoms with van der Waals surface area (Å²) >= 11 is 7.26. The van der Waals surface area contributed by atoms with Gasteiger partial charge in [-0.1, -0.05) is 11.6 Å². The largest absolute Gasteiger partial charge is 0.338 e. The summed E-state index contributed by atoms with van der Waals surface area (Å²) in [5.74, 6) is -0.257. The number of halogens is 1. The number of nitrogens with one attached hydrogen (secondary N) is 1. The number of anilines is 1. The van der Waals surface area contributed by atoms with Gasteiger partial charge < -0.3 is 10.2 Å². The lowest BCUT2D eigenvalue weighted by molar-refractivity contribution is 0.0762. The number of carbonyl (C=O) groups excluding carboxylic acids is 2. The summed E-state index contributed by atoms with van der Waals surface area (Å²) in [6.45, 7) is 1.17. The number of amides is 2. The van der Waals surface area contributed by atoms with Crippen LogP contribution in [0.2, 0.25) is 5.02 Å². The van der Waals surface area contributed by atoms with Gasteiger partial charge in [0.15, 0.2) is 5.01 Å². The summed E-state index contributed by atoms with van der Waals surface area (Å²) in [7, 11) is 0. The number of benzene rings is 1. The number of aromatic nitrogens is 2.